The molecule has 15 heavy (non-hydrogen) atoms. The summed E-state index contributed by atoms with van der Waals surface area (Å²) in [6.07, 6.45) is 3.06. The highest BCUT2D eigenvalue weighted by atomic mass is 16.5. The second-order valence-corrected chi connectivity index (χ2v) is 4.27. The minimum Gasteiger partial charge on any atom is -0.504 e. The fraction of sp³-hybridized carbons (Fsp3) is 0.500. The molecule has 2 rings (SSSR count). The molecule has 1 fully saturated rings. The summed E-state index contributed by atoms with van der Waals surface area (Å²) in [6, 6.07) is 5.46. The van der Waals surface area contributed by atoms with E-state index in [0.717, 1.165) is 24.8 Å². The lowest BCUT2D eigenvalue weighted by Crippen LogP contribution is -2.24. The highest BCUT2D eigenvalue weighted by Gasteiger charge is 2.38. The van der Waals surface area contributed by atoms with E-state index in [1.54, 1.807) is 6.07 Å². The van der Waals surface area contributed by atoms with Crippen molar-refractivity contribution in [2.24, 2.45) is 5.73 Å². The Bertz CT molecular complexity index is 359. The summed E-state index contributed by atoms with van der Waals surface area (Å²) in [7, 11) is 0. The van der Waals surface area contributed by atoms with Crippen LogP contribution in [0.1, 0.15) is 25.3 Å². The Hall–Kier alpha value is -1.22. The van der Waals surface area contributed by atoms with Crippen LogP contribution in [0.2, 0.25) is 0 Å². The summed E-state index contributed by atoms with van der Waals surface area (Å²) in [5, 5.41) is 9.52. The molecule has 1 aromatic rings. The van der Waals surface area contributed by atoms with Gasteiger partial charge in [-0.2, -0.15) is 0 Å². The van der Waals surface area contributed by atoms with Gasteiger partial charge in [0, 0.05) is 5.54 Å². The van der Waals surface area contributed by atoms with Gasteiger partial charge in [-0.05, 0) is 43.9 Å². The quantitative estimate of drug-likeness (QED) is 0.791. The van der Waals surface area contributed by atoms with Crippen molar-refractivity contribution >= 4 is 0 Å². The van der Waals surface area contributed by atoms with Gasteiger partial charge in [0.05, 0.1) is 6.61 Å². The zero-order valence-electron chi connectivity index (χ0n) is 8.99. The van der Waals surface area contributed by atoms with Crippen LogP contribution in [0.5, 0.6) is 11.5 Å². The van der Waals surface area contributed by atoms with Crippen LogP contribution in [-0.4, -0.2) is 17.3 Å². The number of ether oxygens (including phenoxy) is 1. The van der Waals surface area contributed by atoms with Gasteiger partial charge in [-0.3, -0.25) is 0 Å². The SMILES string of the molecule is CCOc1cc(CC2(N)CC2)ccc1O. The van der Waals surface area contributed by atoms with Crippen LogP contribution in [-0.2, 0) is 6.42 Å². The fourth-order valence-electron chi connectivity index (χ4n) is 1.68. The van der Waals surface area contributed by atoms with Gasteiger partial charge in [0.25, 0.3) is 0 Å². The minimum atomic E-state index is 0.000453. The molecule has 1 aliphatic rings. The third kappa shape index (κ3) is 2.42. The Morgan fingerprint density at radius 3 is 2.80 bits per heavy atom. The molecule has 1 aliphatic carbocycles. The van der Waals surface area contributed by atoms with Crippen LogP contribution in [0.3, 0.4) is 0 Å². The van der Waals surface area contributed by atoms with E-state index in [-0.39, 0.29) is 11.3 Å². The van der Waals surface area contributed by atoms with Gasteiger partial charge in [0.2, 0.25) is 0 Å². The van der Waals surface area contributed by atoms with Crippen LogP contribution >= 0.6 is 0 Å². The first-order valence-electron chi connectivity index (χ1n) is 5.36. The third-order valence-corrected chi connectivity index (χ3v) is 2.77. The smallest absolute Gasteiger partial charge is 0.161 e. The Balaban J connectivity index is 2.14. The molecular formula is C12H17NO2. The monoisotopic (exact) mass is 207 g/mol. The number of nitrogens with two attached hydrogens (primary N) is 1. The molecule has 0 amide bonds. The maximum absolute atomic E-state index is 9.52. The van der Waals surface area contributed by atoms with Gasteiger partial charge >= 0.3 is 0 Å². The van der Waals surface area contributed by atoms with Gasteiger partial charge in [-0.15, -0.1) is 0 Å². The molecule has 0 bridgehead atoms. The highest BCUT2D eigenvalue weighted by Crippen LogP contribution is 2.37. The molecule has 0 saturated heterocycles. The summed E-state index contributed by atoms with van der Waals surface area (Å²) in [5.41, 5.74) is 7.17. The molecule has 3 heteroatoms. The zero-order chi connectivity index (χ0) is 10.9. The molecule has 0 atom stereocenters. The molecule has 3 nitrogen and oxygen atoms in total. The minimum absolute atomic E-state index is 0.000453. The fourth-order valence-corrected chi connectivity index (χ4v) is 1.68. The third-order valence-electron chi connectivity index (χ3n) is 2.77. The molecule has 0 aliphatic heterocycles. The number of phenols is 1. The average Bonchev–Trinajstić information content (AvgIpc) is 2.90. The molecule has 1 saturated carbocycles. The lowest BCUT2D eigenvalue weighted by molar-refractivity contribution is 0.317. The van der Waals surface area contributed by atoms with Crippen molar-refractivity contribution in [1.29, 1.82) is 0 Å². The number of benzene rings is 1. The van der Waals surface area contributed by atoms with Crippen molar-refractivity contribution in [3.05, 3.63) is 23.8 Å². The molecule has 0 aromatic heterocycles. The van der Waals surface area contributed by atoms with E-state index in [2.05, 4.69) is 0 Å². The van der Waals surface area contributed by atoms with Crippen LogP contribution in [0.4, 0.5) is 0 Å². The number of phenolic OH excluding ortho intramolecular Hbond substituents is 1. The second-order valence-electron chi connectivity index (χ2n) is 4.27. The second kappa shape index (κ2) is 3.74. The summed E-state index contributed by atoms with van der Waals surface area (Å²) in [5.74, 6) is 0.752. The summed E-state index contributed by atoms with van der Waals surface area (Å²) < 4.78 is 5.32. The van der Waals surface area contributed by atoms with E-state index < -0.39 is 0 Å². The number of aromatic hydroxyl groups is 1. The van der Waals surface area contributed by atoms with Crippen molar-refractivity contribution in [3.8, 4) is 11.5 Å². The van der Waals surface area contributed by atoms with Crippen LogP contribution in [0.15, 0.2) is 18.2 Å². The van der Waals surface area contributed by atoms with Crippen molar-refractivity contribution in [2.75, 3.05) is 6.61 Å². The lowest BCUT2D eigenvalue weighted by Gasteiger charge is -2.11. The summed E-state index contributed by atoms with van der Waals surface area (Å²) in [4.78, 5) is 0. The van der Waals surface area contributed by atoms with Crippen molar-refractivity contribution < 1.29 is 9.84 Å². The largest absolute Gasteiger partial charge is 0.504 e. The highest BCUT2D eigenvalue weighted by molar-refractivity contribution is 5.42. The molecule has 0 unspecified atom stereocenters. The number of hydrogen-bond donors (Lipinski definition) is 2. The first kappa shape index (κ1) is 10.3. The summed E-state index contributed by atoms with van der Waals surface area (Å²) >= 11 is 0. The van der Waals surface area contributed by atoms with Crippen LogP contribution in [0.25, 0.3) is 0 Å². The van der Waals surface area contributed by atoms with Crippen LogP contribution in [0, 0.1) is 0 Å². The Morgan fingerprint density at radius 1 is 1.47 bits per heavy atom. The molecular weight excluding hydrogens is 190 g/mol. The molecule has 3 N–H and O–H groups in total. The lowest BCUT2D eigenvalue weighted by atomic mass is 10.0. The van der Waals surface area contributed by atoms with E-state index in [0.29, 0.717) is 12.4 Å². The van der Waals surface area contributed by atoms with Gasteiger partial charge in [-0.25, -0.2) is 0 Å². The van der Waals surface area contributed by atoms with E-state index >= 15 is 0 Å². The molecule has 82 valence electrons. The number of rotatable bonds is 4. The van der Waals surface area contributed by atoms with E-state index in [1.807, 2.05) is 19.1 Å². The van der Waals surface area contributed by atoms with Gasteiger partial charge in [-0.1, -0.05) is 6.07 Å². The van der Waals surface area contributed by atoms with Crippen molar-refractivity contribution in [3.63, 3.8) is 0 Å². The zero-order valence-corrected chi connectivity index (χ0v) is 8.99. The molecule has 0 heterocycles. The van der Waals surface area contributed by atoms with E-state index in [1.165, 1.54) is 0 Å². The predicted molar refractivity (Wildman–Crippen MR) is 59.1 cm³/mol. The van der Waals surface area contributed by atoms with Gasteiger partial charge in [0.15, 0.2) is 11.5 Å². The molecule has 0 spiro atoms. The average molecular weight is 207 g/mol. The standard InChI is InChI=1S/C12H17NO2/c1-2-15-11-7-9(3-4-10(11)14)8-12(13)5-6-12/h3-4,7,14H,2,5-6,8,13H2,1H3. The van der Waals surface area contributed by atoms with Crippen LogP contribution < -0.4 is 10.5 Å². The maximum Gasteiger partial charge on any atom is 0.161 e. The first-order chi connectivity index (χ1) is 7.13. The van der Waals surface area contributed by atoms with Crippen molar-refractivity contribution in [2.45, 2.75) is 31.7 Å². The summed E-state index contributed by atoms with van der Waals surface area (Å²) in [6.45, 7) is 2.46. The van der Waals surface area contributed by atoms with E-state index in [9.17, 15) is 5.11 Å². The molecule has 1 aromatic carbocycles. The predicted octanol–water partition coefficient (Wildman–Crippen LogP) is 1.82. The topological polar surface area (TPSA) is 55.5 Å². The first-order valence-corrected chi connectivity index (χ1v) is 5.36. The molecule has 0 radical (unpaired) electrons. The van der Waals surface area contributed by atoms with Crippen molar-refractivity contribution in [1.82, 2.24) is 0 Å². The number of hydrogen-bond acceptors (Lipinski definition) is 3. The maximum atomic E-state index is 9.52. The van der Waals surface area contributed by atoms with E-state index in [4.69, 9.17) is 10.5 Å². The van der Waals surface area contributed by atoms with Gasteiger partial charge < -0.3 is 15.6 Å². The Labute approximate surface area is 89.9 Å². The normalized spacial score (nSPS) is 17.5. The Kier molecular flexibility index (Phi) is 2.57. The van der Waals surface area contributed by atoms with Gasteiger partial charge in [0.1, 0.15) is 0 Å². The Morgan fingerprint density at radius 2 is 2.20 bits per heavy atom.